The molecule has 90 valence electrons. The van der Waals surface area contributed by atoms with Gasteiger partial charge in [0.05, 0.1) is 0 Å². The van der Waals surface area contributed by atoms with Crippen molar-refractivity contribution in [2.45, 2.75) is 39.7 Å². The summed E-state index contributed by atoms with van der Waals surface area (Å²) < 4.78 is 1.48. The topological polar surface area (TPSA) is 12.0 Å². The van der Waals surface area contributed by atoms with E-state index in [1.54, 1.807) is 11.1 Å². The van der Waals surface area contributed by atoms with E-state index in [1.165, 1.54) is 39.8 Å². The molecule has 1 aliphatic rings. The molecule has 0 fully saturated rings. The molecular weight excluding hydrogens is 226 g/mol. The number of thiophene rings is 1. The molecule has 0 radical (unpaired) electrons. The van der Waals surface area contributed by atoms with Crippen LogP contribution in [-0.4, -0.2) is 6.54 Å². The van der Waals surface area contributed by atoms with Gasteiger partial charge in [0.2, 0.25) is 0 Å². The van der Waals surface area contributed by atoms with Crippen molar-refractivity contribution in [2.24, 2.45) is 0 Å². The molecule has 1 N–H and O–H groups in total. The number of hydrogen-bond donors (Lipinski definition) is 1. The third-order valence-corrected chi connectivity index (χ3v) is 5.04. The SMILES string of the molecule is CCNCc1sc2cc3c(cc2c1C)CCC3. The van der Waals surface area contributed by atoms with Crippen molar-refractivity contribution in [3.05, 3.63) is 33.7 Å². The Bertz CT molecular complexity index is 554. The van der Waals surface area contributed by atoms with Crippen molar-refractivity contribution in [3.8, 4) is 0 Å². The van der Waals surface area contributed by atoms with Crippen molar-refractivity contribution in [1.29, 1.82) is 0 Å². The lowest BCUT2D eigenvalue weighted by atomic mass is 10.1. The van der Waals surface area contributed by atoms with Gasteiger partial charge in [-0.25, -0.2) is 0 Å². The Morgan fingerprint density at radius 3 is 2.76 bits per heavy atom. The lowest BCUT2D eigenvalue weighted by Gasteiger charge is -2.00. The van der Waals surface area contributed by atoms with Crippen molar-refractivity contribution in [3.63, 3.8) is 0 Å². The van der Waals surface area contributed by atoms with E-state index in [4.69, 9.17) is 0 Å². The maximum atomic E-state index is 3.43. The standard InChI is InChI=1S/C15H19NS/c1-3-16-9-15-10(2)13-7-11-5-4-6-12(11)8-14(13)17-15/h7-8,16H,3-6,9H2,1-2H3. The average molecular weight is 245 g/mol. The number of nitrogens with one attached hydrogen (secondary N) is 1. The van der Waals surface area contributed by atoms with Gasteiger partial charge in [-0.1, -0.05) is 6.92 Å². The second-order valence-electron chi connectivity index (χ2n) is 4.90. The summed E-state index contributed by atoms with van der Waals surface area (Å²) in [4.78, 5) is 1.51. The largest absolute Gasteiger partial charge is 0.312 e. The number of benzene rings is 1. The van der Waals surface area contributed by atoms with Crippen molar-refractivity contribution < 1.29 is 0 Å². The highest BCUT2D eigenvalue weighted by Crippen LogP contribution is 2.35. The highest BCUT2D eigenvalue weighted by Gasteiger charge is 2.15. The molecule has 0 saturated carbocycles. The second-order valence-corrected chi connectivity index (χ2v) is 6.04. The molecule has 0 spiro atoms. The molecule has 1 aliphatic carbocycles. The van der Waals surface area contributed by atoms with Crippen LogP contribution in [0.3, 0.4) is 0 Å². The first-order chi connectivity index (χ1) is 8.29. The van der Waals surface area contributed by atoms with Gasteiger partial charge < -0.3 is 5.32 Å². The van der Waals surface area contributed by atoms with Crippen LogP contribution in [-0.2, 0) is 19.4 Å². The Morgan fingerprint density at radius 1 is 1.24 bits per heavy atom. The van der Waals surface area contributed by atoms with E-state index < -0.39 is 0 Å². The van der Waals surface area contributed by atoms with Crippen LogP contribution in [0.25, 0.3) is 10.1 Å². The minimum atomic E-state index is 1.02. The Balaban J connectivity index is 2.07. The van der Waals surface area contributed by atoms with E-state index in [9.17, 15) is 0 Å². The summed E-state index contributed by atoms with van der Waals surface area (Å²) in [7, 11) is 0. The van der Waals surface area contributed by atoms with Crippen molar-refractivity contribution in [1.82, 2.24) is 5.32 Å². The zero-order valence-electron chi connectivity index (χ0n) is 10.6. The van der Waals surface area contributed by atoms with Crippen LogP contribution in [0.2, 0.25) is 0 Å². The van der Waals surface area contributed by atoms with Crippen LogP contribution in [0.4, 0.5) is 0 Å². The van der Waals surface area contributed by atoms with Gasteiger partial charge in [-0.2, -0.15) is 0 Å². The summed E-state index contributed by atoms with van der Waals surface area (Å²) in [5.41, 5.74) is 4.67. The van der Waals surface area contributed by atoms with E-state index in [0.717, 1.165) is 13.1 Å². The second kappa shape index (κ2) is 4.43. The Kier molecular flexibility index (Phi) is 2.93. The molecule has 1 aromatic carbocycles. The minimum Gasteiger partial charge on any atom is -0.312 e. The zero-order valence-corrected chi connectivity index (χ0v) is 11.4. The normalized spacial score (nSPS) is 14.5. The van der Waals surface area contributed by atoms with Gasteiger partial charge in [0.15, 0.2) is 0 Å². The van der Waals surface area contributed by atoms with Crippen LogP contribution < -0.4 is 5.32 Å². The maximum Gasteiger partial charge on any atom is 0.0351 e. The highest BCUT2D eigenvalue weighted by atomic mass is 32.1. The molecule has 1 heterocycles. The van der Waals surface area contributed by atoms with Gasteiger partial charge in [-0.3, -0.25) is 0 Å². The first-order valence-electron chi connectivity index (χ1n) is 6.54. The molecule has 17 heavy (non-hydrogen) atoms. The van der Waals surface area contributed by atoms with Crippen molar-refractivity contribution >= 4 is 21.4 Å². The summed E-state index contributed by atoms with van der Waals surface area (Å²) in [6, 6.07) is 4.88. The summed E-state index contributed by atoms with van der Waals surface area (Å²) in [6.07, 6.45) is 3.91. The molecule has 0 atom stereocenters. The Morgan fingerprint density at radius 2 is 2.00 bits per heavy atom. The van der Waals surface area contributed by atoms with Gasteiger partial charge in [0.1, 0.15) is 0 Å². The fourth-order valence-corrected chi connectivity index (χ4v) is 3.97. The van der Waals surface area contributed by atoms with E-state index >= 15 is 0 Å². The number of aryl methyl sites for hydroxylation is 3. The summed E-state index contributed by atoms with van der Waals surface area (Å²) >= 11 is 1.97. The summed E-state index contributed by atoms with van der Waals surface area (Å²) in [5.74, 6) is 0. The molecule has 0 unspecified atom stereocenters. The third-order valence-electron chi connectivity index (χ3n) is 3.79. The first-order valence-corrected chi connectivity index (χ1v) is 7.35. The Hall–Kier alpha value is -0.860. The number of hydrogen-bond acceptors (Lipinski definition) is 2. The van der Waals surface area contributed by atoms with E-state index in [0.29, 0.717) is 0 Å². The fraction of sp³-hybridized carbons (Fsp3) is 0.467. The lowest BCUT2D eigenvalue weighted by molar-refractivity contribution is 0.733. The van der Waals surface area contributed by atoms with Crippen LogP contribution in [0.1, 0.15) is 34.9 Å². The molecule has 2 heteroatoms. The third kappa shape index (κ3) is 1.90. The molecule has 0 amide bonds. The number of fused-ring (bicyclic) bond motifs is 2. The molecule has 3 rings (SSSR count). The average Bonchev–Trinajstić information content (AvgIpc) is 2.89. The summed E-state index contributed by atoms with van der Waals surface area (Å²) in [5, 5.41) is 4.92. The van der Waals surface area contributed by atoms with E-state index in [-0.39, 0.29) is 0 Å². The monoisotopic (exact) mass is 245 g/mol. The predicted molar refractivity (Wildman–Crippen MR) is 76.0 cm³/mol. The number of rotatable bonds is 3. The van der Waals surface area contributed by atoms with Crippen molar-refractivity contribution in [2.75, 3.05) is 6.54 Å². The zero-order chi connectivity index (χ0) is 11.8. The highest BCUT2D eigenvalue weighted by molar-refractivity contribution is 7.19. The van der Waals surface area contributed by atoms with Crippen LogP contribution in [0, 0.1) is 6.92 Å². The molecule has 1 nitrogen and oxygen atoms in total. The van der Waals surface area contributed by atoms with Gasteiger partial charge in [0.25, 0.3) is 0 Å². The molecule has 0 saturated heterocycles. The van der Waals surface area contributed by atoms with E-state index in [2.05, 4.69) is 31.3 Å². The molecular formula is C15H19NS. The smallest absolute Gasteiger partial charge is 0.0351 e. The van der Waals surface area contributed by atoms with Crippen LogP contribution in [0.5, 0.6) is 0 Å². The predicted octanol–water partition coefficient (Wildman–Crippen LogP) is 3.81. The molecule has 2 aromatic rings. The van der Waals surface area contributed by atoms with Gasteiger partial charge in [-0.15, -0.1) is 11.3 Å². The van der Waals surface area contributed by atoms with Gasteiger partial charge >= 0.3 is 0 Å². The van der Waals surface area contributed by atoms with Crippen LogP contribution in [0.15, 0.2) is 12.1 Å². The van der Waals surface area contributed by atoms with E-state index in [1.807, 2.05) is 11.3 Å². The molecule has 0 aliphatic heterocycles. The molecule has 1 aromatic heterocycles. The first kappa shape index (κ1) is 11.2. The minimum absolute atomic E-state index is 1.02. The fourth-order valence-electron chi connectivity index (χ4n) is 2.75. The maximum absolute atomic E-state index is 3.43. The quantitative estimate of drug-likeness (QED) is 0.867. The lowest BCUT2D eigenvalue weighted by Crippen LogP contribution is -2.11. The van der Waals surface area contributed by atoms with Crippen LogP contribution >= 0.6 is 11.3 Å². The Labute approximate surface area is 107 Å². The summed E-state index contributed by atoms with van der Waals surface area (Å²) in [6.45, 7) is 6.50. The van der Waals surface area contributed by atoms with Gasteiger partial charge in [0, 0.05) is 16.1 Å². The molecule has 0 bridgehead atoms. The van der Waals surface area contributed by atoms with Gasteiger partial charge in [-0.05, 0) is 66.9 Å².